The lowest BCUT2D eigenvalue weighted by molar-refractivity contribution is -0.149. The van der Waals surface area contributed by atoms with Gasteiger partial charge in [-0.25, -0.2) is 4.98 Å². The fourth-order valence-electron chi connectivity index (χ4n) is 2.58. The van der Waals surface area contributed by atoms with Gasteiger partial charge in [0.15, 0.2) is 5.82 Å². The van der Waals surface area contributed by atoms with Crippen LogP contribution in [0.1, 0.15) is 23.8 Å². The zero-order valence-corrected chi connectivity index (χ0v) is 11.4. The van der Waals surface area contributed by atoms with Crippen LogP contribution in [0.15, 0.2) is 12.1 Å². The molecule has 0 aromatic carbocycles. The van der Waals surface area contributed by atoms with Crippen LogP contribution >= 0.6 is 0 Å². The summed E-state index contributed by atoms with van der Waals surface area (Å²) in [4.78, 5) is 18.2. The maximum absolute atomic E-state index is 12.5. The minimum Gasteiger partial charge on any atom is -0.366 e. The van der Waals surface area contributed by atoms with Crippen molar-refractivity contribution < 1.29 is 18.0 Å². The monoisotopic (exact) mass is 300 g/mol. The van der Waals surface area contributed by atoms with Gasteiger partial charge in [0, 0.05) is 19.1 Å². The van der Waals surface area contributed by atoms with Crippen LogP contribution in [0.3, 0.4) is 0 Å². The molecule has 2 atom stereocenters. The van der Waals surface area contributed by atoms with Crippen LogP contribution in [0.5, 0.6) is 0 Å². The third kappa shape index (κ3) is 2.62. The molecule has 2 aliphatic rings. The number of fused-ring (bicyclic) bond motifs is 4. The van der Waals surface area contributed by atoms with E-state index in [-0.39, 0.29) is 11.7 Å². The number of pyridine rings is 1. The summed E-state index contributed by atoms with van der Waals surface area (Å²) in [5.41, 5.74) is 0.879. The third-order valence-electron chi connectivity index (χ3n) is 3.81. The molecule has 5 nitrogen and oxygen atoms in total. The molecule has 2 aliphatic heterocycles. The van der Waals surface area contributed by atoms with Gasteiger partial charge in [-0.3, -0.25) is 4.79 Å². The predicted molar refractivity (Wildman–Crippen MR) is 71.5 cm³/mol. The standard InChI is InChI=1S/C13H15F3N4O/c1-7(13(14,15)16)17-12(21)9-2-3-10-11(19-9)18-8-4-5-20(10)6-8/h2-3,7-8H,4-6H2,1H3,(H,17,21)(H,18,19)/t7-,8+/m1/s1. The SMILES string of the molecule is C[C@@H](NC(=O)c1ccc2c(n1)N[C@H]1CCN2C1)C(F)(F)F. The molecule has 1 aromatic rings. The summed E-state index contributed by atoms with van der Waals surface area (Å²) in [7, 11) is 0. The van der Waals surface area contributed by atoms with Gasteiger partial charge < -0.3 is 15.5 Å². The Morgan fingerprint density at radius 1 is 1.52 bits per heavy atom. The van der Waals surface area contributed by atoms with Crippen molar-refractivity contribution in [3.63, 3.8) is 0 Å². The minimum atomic E-state index is -4.47. The Kier molecular flexibility index (Phi) is 3.18. The van der Waals surface area contributed by atoms with Gasteiger partial charge in [0.2, 0.25) is 0 Å². The largest absolute Gasteiger partial charge is 0.408 e. The summed E-state index contributed by atoms with van der Waals surface area (Å²) in [6.07, 6.45) is -3.48. The quantitative estimate of drug-likeness (QED) is 0.874. The summed E-state index contributed by atoms with van der Waals surface area (Å²) < 4.78 is 37.4. The molecule has 3 rings (SSSR count). The van der Waals surface area contributed by atoms with Crippen LogP contribution in [0, 0.1) is 0 Å². The second kappa shape index (κ2) is 4.78. The van der Waals surface area contributed by atoms with Gasteiger partial charge in [-0.05, 0) is 25.5 Å². The third-order valence-corrected chi connectivity index (χ3v) is 3.81. The molecule has 1 amide bonds. The number of halogens is 3. The molecule has 1 fully saturated rings. The summed E-state index contributed by atoms with van der Waals surface area (Å²) in [5, 5.41) is 5.13. The first kappa shape index (κ1) is 14.0. The number of amides is 1. The van der Waals surface area contributed by atoms with Crippen molar-refractivity contribution >= 4 is 17.4 Å². The number of aromatic nitrogens is 1. The maximum Gasteiger partial charge on any atom is 0.408 e. The van der Waals surface area contributed by atoms with E-state index in [1.165, 1.54) is 6.07 Å². The number of anilines is 2. The first-order valence-electron chi connectivity index (χ1n) is 6.74. The highest BCUT2D eigenvalue weighted by molar-refractivity contribution is 5.93. The highest BCUT2D eigenvalue weighted by Gasteiger charge is 2.37. The van der Waals surface area contributed by atoms with E-state index in [4.69, 9.17) is 0 Å². The fraction of sp³-hybridized carbons (Fsp3) is 0.538. The van der Waals surface area contributed by atoms with E-state index in [2.05, 4.69) is 15.2 Å². The summed E-state index contributed by atoms with van der Waals surface area (Å²) in [6, 6.07) is 1.56. The highest BCUT2D eigenvalue weighted by atomic mass is 19.4. The molecular formula is C13H15F3N4O. The zero-order chi connectivity index (χ0) is 15.2. The van der Waals surface area contributed by atoms with Gasteiger partial charge in [0.05, 0.1) is 5.69 Å². The Morgan fingerprint density at radius 3 is 3.00 bits per heavy atom. The molecule has 1 saturated heterocycles. The molecule has 0 radical (unpaired) electrons. The van der Waals surface area contributed by atoms with Crippen molar-refractivity contribution in [1.29, 1.82) is 0 Å². The van der Waals surface area contributed by atoms with E-state index >= 15 is 0 Å². The first-order valence-corrected chi connectivity index (χ1v) is 6.74. The predicted octanol–water partition coefficient (Wildman–Crippen LogP) is 1.77. The van der Waals surface area contributed by atoms with Gasteiger partial charge in [-0.15, -0.1) is 0 Å². The van der Waals surface area contributed by atoms with E-state index < -0.39 is 18.1 Å². The molecule has 0 unspecified atom stereocenters. The normalized spacial score (nSPS) is 21.5. The van der Waals surface area contributed by atoms with Gasteiger partial charge in [-0.1, -0.05) is 0 Å². The van der Waals surface area contributed by atoms with E-state index in [0.29, 0.717) is 5.82 Å². The van der Waals surface area contributed by atoms with Crippen LogP contribution in [-0.4, -0.2) is 42.2 Å². The molecule has 0 spiro atoms. The Labute approximate surface area is 119 Å². The van der Waals surface area contributed by atoms with Gasteiger partial charge in [0.1, 0.15) is 11.7 Å². The van der Waals surface area contributed by atoms with Crippen molar-refractivity contribution in [1.82, 2.24) is 10.3 Å². The van der Waals surface area contributed by atoms with Gasteiger partial charge in [0.25, 0.3) is 5.91 Å². The van der Waals surface area contributed by atoms with Crippen molar-refractivity contribution in [3.05, 3.63) is 17.8 Å². The lowest BCUT2D eigenvalue weighted by atomic mass is 10.2. The summed E-state index contributed by atoms with van der Waals surface area (Å²) in [5.74, 6) is -0.256. The Balaban J connectivity index is 1.78. The van der Waals surface area contributed by atoms with Crippen molar-refractivity contribution in [2.45, 2.75) is 31.6 Å². The number of rotatable bonds is 2. The number of carbonyl (C=O) groups is 1. The smallest absolute Gasteiger partial charge is 0.366 e. The molecular weight excluding hydrogens is 285 g/mol. The average molecular weight is 300 g/mol. The lowest BCUT2D eigenvalue weighted by Gasteiger charge is -2.28. The van der Waals surface area contributed by atoms with Crippen LogP contribution in [0.4, 0.5) is 24.7 Å². The molecule has 0 aliphatic carbocycles. The molecule has 1 aromatic heterocycles. The van der Waals surface area contributed by atoms with E-state index in [1.807, 2.05) is 5.32 Å². The number of alkyl halides is 3. The molecule has 21 heavy (non-hydrogen) atoms. The van der Waals surface area contributed by atoms with Crippen LogP contribution in [0.2, 0.25) is 0 Å². The average Bonchev–Trinajstić information content (AvgIpc) is 2.79. The fourth-order valence-corrected chi connectivity index (χ4v) is 2.58. The van der Waals surface area contributed by atoms with Gasteiger partial charge in [-0.2, -0.15) is 13.2 Å². The first-order chi connectivity index (χ1) is 9.84. The van der Waals surface area contributed by atoms with E-state index in [0.717, 1.165) is 32.1 Å². The number of hydrogen-bond acceptors (Lipinski definition) is 4. The molecule has 114 valence electrons. The lowest BCUT2D eigenvalue weighted by Crippen LogP contribution is -2.43. The zero-order valence-electron chi connectivity index (χ0n) is 11.4. The van der Waals surface area contributed by atoms with Crippen molar-refractivity contribution in [3.8, 4) is 0 Å². The second-order valence-corrected chi connectivity index (χ2v) is 5.38. The minimum absolute atomic E-state index is 0.0140. The van der Waals surface area contributed by atoms with Crippen LogP contribution in [-0.2, 0) is 0 Å². The Bertz CT molecular complexity index is 575. The Hall–Kier alpha value is -1.99. The highest BCUT2D eigenvalue weighted by Crippen LogP contribution is 2.34. The topological polar surface area (TPSA) is 57.3 Å². The van der Waals surface area contributed by atoms with Crippen molar-refractivity contribution in [2.24, 2.45) is 0 Å². The molecule has 2 N–H and O–H groups in total. The molecule has 3 heterocycles. The van der Waals surface area contributed by atoms with Crippen molar-refractivity contribution in [2.75, 3.05) is 23.3 Å². The Morgan fingerprint density at radius 2 is 2.29 bits per heavy atom. The van der Waals surface area contributed by atoms with Crippen LogP contribution in [0.25, 0.3) is 0 Å². The summed E-state index contributed by atoms with van der Waals surface area (Å²) in [6.45, 7) is 2.72. The molecule has 0 saturated carbocycles. The van der Waals surface area contributed by atoms with Gasteiger partial charge >= 0.3 is 6.18 Å². The summed E-state index contributed by atoms with van der Waals surface area (Å²) >= 11 is 0. The van der Waals surface area contributed by atoms with E-state index in [1.54, 1.807) is 6.07 Å². The number of carbonyl (C=O) groups excluding carboxylic acids is 1. The second-order valence-electron chi connectivity index (χ2n) is 5.38. The molecule has 2 bridgehead atoms. The maximum atomic E-state index is 12.5. The van der Waals surface area contributed by atoms with E-state index in [9.17, 15) is 18.0 Å². The number of nitrogens with one attached hydrogen (secondary N) is 2. The molecule has 8 heteroatoms. The number of hydrogen-bond donors (Lipinski definition) is 2. The number of nitrogens with zero attached hydrogens (tertiary/aromatic N) is 2. The van der Waals surface area contributed by atoms with Crippen LogP contribution < -0.4 is 15.5 Å².